The summed E-state index contributed by atoms with van der Waals surface area (Å²) in [7, 11) is 0. The first-order valence-electron chi connectivity index (χ1n) is 5.65. The van der Waals surface area contributed by atoms with E-state index in [0.717, 1.165) is 0 Å². The molecule has 1 aromatic rings. The number of phenols is 1. The van der Waals surface area contributed by atoms with E-state index in [1.165, 1.54) is 12.2 Å². The Balaban J connectivity index is 2.87. The highest BCUT2D eigenvalue weighted by Gasteiger charge is 2.01. The number of hydrogen-bond donors (Lipinski definition) is 1. The first kappa shape index (κ1) is 13.7. The van der Waals surface area contributed by atoms with Gasteiger partial charge in [0.1, 0.15) is 5.75 Å². The van der Waals surface area contributed by atoms with Gasteiger partial charge in [-0.1, -0.05) is 49.1 Å². The minimum absolute atomic E-state index is 0.147. The Hall–Kier alpha value is -2.35. The maximum Gasteiger partial charge on any atom is 0.185 e. The van der Waals surface area contributed by atoms with Gasteiger partial charge in [-0.25, -0.2) is 0 Å². The average molecular weight is 240 g/mol. The molecule has 0 saturated carbocycles. The zero-order valence-corrected chi connectivity index (χ0v) is 10.3. The standard InChI is InChI=1S/C16H16O2/c1-3-5-8-13(4-2)16(18)12-11-14-9-6-7-10-15(14)17/h3-12,17H,2H2,1H3/b5-3-,12-11+,13-8+. The summed E-state index contributed by atoms with van der Waals surface area (Å²) in [6.45, 7) is 5.48. The van der Waals surface area contributed by atoms with Crippen molar-refractivity contribution < 1.29 is 9.90 Å². The van der Waals surface area contributed by atoms with Crippen molar-refractivity contribution in [3.63, 3.8) is 0 Å². The van der Waals surface area contributed by atoms with Crippen molar-refractivity contribution >= 4 is 11.9 Å². The summed E-state index contributed by atoms with van der Waals surface area (Å²) in [6.07, 6.45) is 9.84. The summed E-state index contributed by atoms with van der Waals surface area (Å²) < 4.78 is 0. The third-order valence-corrected chi connectivity index (χ3v) is 2.32. The van der Waals surface area contributed by atoms with Crippen LogP contribution < -0.4 is 0 Å². The Morgan fingerprint density at radius 1 is 1.33 bits per heavy atom. The minimum Gasteiger partial charge on any atom is -0.507 e. The van der Waals surface area contributed by atoms with Crippen LogP contribution in [0.2, 0.25) is 0 Å². The molecule has 0 aromatic heterocycles. The lowest BCUT2D eigenvalue weighted by atomic mass is 10.1. The molecule has 2 heteroatoms. The van der Waals surface area contributed by atoms with Gasteiger partial charge in [-0.3, -0.25) is 4.79 Å². The quantitative estimate of drug-likeness (QED) is 0.630. The predicted molar refractivity (Wildman–Crippen MR) is 75.2 cm³/mol. The van der Waals surface area contributed by atoms with Gasteiger partial charge in [-0.2, -0.15) is 0 Å². The minimum atomic E-state index is -0.147. The lowest BCUT2D eigenvalue weighted by Crippen LogP contribution is -1.94. The molecule has 0 fully saturated rings. The number of aromatic hydroxyl groups is 1. The van der Waals surface area contributed by atoms with Gasteiger partial charge in [0, 0.05) is 11.1 Å². The van der Waals surface area contributed by atoms with Crippen LogP contribution in [0.5, 0.6) is 5.75 Å². The second-order valence-corrected chi connectivity index (χ2v) is 3.61. The highest BCUT2D eigenvalue weighted by Crippen LogP contribution is 2.17. The maximum absolute atomic E-state index is 11.8. The van der Waals surface area contributed by atoms with E-state index in [0.29, 0.717) is 11.1 Å². The molecule has 0 unspecified atom stereocenters. The molecule has 0 aliphatic heterocycles. The van der Waals surface area contributed by atoms with Gasteiger partial charge in [-0.15, -0.1) is 0 Å². The van der Waals surface area contributed by atoms with Crippen LogP contribution in [-0.2, 0) is 4.79 Å². The van der Waals surface area contributed by atoms with Gasteiger partial charge < -0.3 is 5.11 Å². The average Bonchev–Trinajstić information content (AvgIpc) is 2.38. The van der Waals surface area contributed by atoms with Crippen LogP contribution in [-0.4, -0.2) is 10.9 Å². The molecule has 2 nitrogen and oxygen atoms in total. The number of ketones is 1. The van der Waals surface area contributed by atoms with Crippen LogP contribution in [0.4, 0.5) is 0 Å². The van der Waals surface area contributed by atoms with E-state index in [4.69, 9.17) is 0 Å². The summed E-state index contributed by atoms with van der Waals surface area (Å²) in [4.78, 5) is 11.8. The number of para-hydroxylation sites is 1. The second kappa shape index (κ2) is 7.07. The number of benzene rings is 1. The lowest BCUT2D eigenvalue weighted by Gasteiger charge is -1.97. The number of allylic oxidation sites excluding steroid dienone is 6. The van der Waals surface area contributed by atoms with Crippen LogP contribution in [0.15, 0.2) is 66.8 Å². The zero-order chi connectivity index (χ0) is 13.4. The Kier molecular flexibility index (Phi) is 5.39. The molecule has 0 aliphatic rings. The van der Waals surface area contributed by atoms with Crippen molar-refractivity contribution in [2.24, 2.45) is 0 Å². The van der Waals surface area contributed by atoms with Crippen LogP contribution in [0.25, 0.3) is 6.08 Å². The molecule has 1 N–H and O–H groups in total. The third-order valence-electron chi connectivity index (χ3n) is 2.32. The smallest absolute Gasteiger partial charge is 0.185 e. The van der Waals surface area contributed by atoms with E-state index in [9.17, 15) is 9.90 Å². The summed E-state index contributed by atoms with van der Waals surface area (Å²) in [5.74, 6) is 0.00508. The van der Waals surface area contributed by atoms with E-state index >= 15 is 0 Å². The van der Waals surface area contributed by atoms with Crippen LogP contribution in [0.3, 0.4) is 0 Å². The first-order chi connectivity index (χ1) is 8.69. The van der Waals surface area contributed by atoms with E-state index in [-0.39, 0.29) is 11.5 Å². The fourth-order valence-corrected chi connectivity index (χ4v) is 1.34. The van der Waals surface area contributed by atoms with Crippen molar-refractivity contribution in [1.82, 2.24) is 0 Å². The molecule has 1 aromatic carbocycles. The molecule has 0 amide bonds. The van der Waals surface area contributed by atoms with E-state index in [2.05, 4.69) is 6.58 Å². The van der Waals surface area contributed by atoms with Crippen molar-refractivity contribution in [3.05, 3.63) is 72.4 Å². The lowest BCUT2D eigenvalue weighted by molar-refractivity contribution is -0.111. The fourth-order valence-electron chi connectivity index (χ4n) is 1.34. The van der Waals surface area contributed by atoms with Gasteiger partial charge in [0.2, 0.25) is 0 Å². The molecule has 92 valence electrons. The van der Waals surface area contributed by atoms with Crippen molar-refractivity contribution in [1.29, 1.82) is 0 Å². The molecular weight excluding hydrogens is 224 g/mol. The highest BCUT2D eigenvalue weighted by atomic mass is 16.3. The number of hydrogen-bond acceptors (Lipinski definition) is 2. The van der Waals surface area contributed by atoms with Crippen molar-refractivity contribution in [2.45, 2.75) is 6.92 Å². The van der Waals surface area contributed by atoms with Crippen LogP contribution >= 0.6 is 0 Å². The zero-order valence-electron chi connectivity index (χ0n) is 10.3. The largest absolute Gasteiger partial charge is 0.507 e. The highest BCUT2D eigenvalue weighted by molar-refractivity contribution is 6.08. The summed E-state index contributed by atoms with van der Waals surface area (Å²) in [5.41, 5.74) is 1.13. The Morgan fingerprint density at radius 3 is 2.67 bits per heavy atom. The monoisotopic (exact) mass is 240 g/mol. The first-order valence-corrected chi connectivity index (χ1v) is 5.65. The molecule has 0 heterocycles. The van der Waals surface area contributed by atoms with E-state index in [1.54, 1.807) is 42.5 Å². The fraction of sp³-hybridized carbons (Fsp3) is 0.0625. The number of phenolic OH excluding ortho intramolecular Hbond substituents is 1. The van der Waals surface area contributed by atoms with Crippen molar-refractivity contribution in [3.8, 4) is 5.75 Å². The van der Waals surface area contributed by atoms with Gasteiger partial charge in [0.05, 0.1) is 0 Å². The summed E-state index contributed by atoms with van der Waals surface area (Å²) >= 11 is 0. The van der Waals surface area contributed by atoms with E-state index < -0.39 is 0 Å². The normalized spacial score (nSPS) is 12.2. The Bertz CT molecular complexity index is 520. The maximum atomic E-state index is 11.8. The van der Waals surface area contributed by atoms with Gasteiger partial charge in [0.25, 0.3) is 0 Å². The van der Waals surface area contributed by atoms with E-state index in [1.807, 2.05) is 13.0 Å². The SMILES string of the molecule is C=C/C(=C\C=C/C)C(=O)/C=C/c1ccccc1O. The molecule has 0 aliphatic carbocycles. The molecule has 0 radical (unpaired) electrons. The number of rotatable bonds is 5. The molecule has 0 bridgehead atoms. The summed E-state index contributed by atoms with van der Waals surface area (Å²) in [6, 6.07) is 6.85. The molecule has 0 spiro atoms. The summed E-state index contributed by atoms with van der Waals surface area (Å²) in [5, 5.41) is 9.55. The van der Waals surface area contributed by atoms with Gasteiger partial charge in [0.15, 0.2) is 5.78 Å². The molecular formula is C16H16O2. The van der Waals surface area contributed by atoms with Crippen molar-refractivity contribution in [2.75, 3.05) is 0 Å². The molecule has 1 rings (SSSR count). The predicted octanol–water partition coefficient (Wildman–Crippen LogP) is 3.66. The Morgan fingerprint density at radius 2 is 2.06 bits per heavy atom. The molecule has 0 atom stereocenters. The van der Waals surface area contributed by atoms with Gasteiger partial charge in [-0.05, 0) is 25.1 Å². The molecule has 0 saturated heterocycles. The second-order valence-electron chi connectivity index (χ2n) is 3.61. The number of carbonyl (C=O) groups excluding carboxylic acids is 1. The van der Waals surface area contributed by atoms with Crippen LogP contribution in [0.1, 0.15) is 12.5 Å². The third kappa shape index (κ3) is 3.91. The molecule has 18 heavy (non-hydrogen) atoms. The van der Waals surface area contributed by atoms with Gasteiger partial charge >= 0.3 is 0 Å². The Labute approximate surface area is 107 Å². The number of carbonyl (C=O) groups is 1. The topological polar surface area (TPSA) is 37.3 Å². The van der Waals surface area contributed by atoms with Crippen LogP contribution in [0, 0.1) is 0 Å².